The summed E-state index contributed by atoms with van der Waals surface area (Å²) in [4.78, 5) is 14.7. The van der Waals surface area contributed by atoms with Crippen LogP contribution in [0.2, 0.25) is 0 Å². The third-order valence-corrected chi connectivity index (χ3v) is 5.52. The number of fused-ring (bicyclic) bond motifs is 2. The van der Waals surface area contributed by atoms with Gasteiger partial charge in [0.2, 0.25) is 5.91 Å². The summed E-state index contributed by atoms with van der Waals surface area (Å²) >= 11 is 0. The Hall–Kier alpha value is -1.81. The molecule has 0 radical (unpaired) electrons. The first-order valence-corrected chi connectivity index (χ1v) is 8.67. The van der Waals surface area contributed by atoms with Gasteiger partial charge in [-0.15, -0.1) is 0 Å². The normalized spacial score (nSPS) is 23.7. The predicted octanol–water partition coefficient (Wildman–Crippen LogP) is 2.66. The molecule has 4 rings (SSSR count). The van der Waals surface area contributed by atoms with Gasteiger partial charge in [0.25, 0.3) is 0 Å². The third kappa shape index (κ3) is 2.55. The van der Waals surface area contributed by atoms with Gasteiger partial charge in [0.15, 0.2) is 0 Å². The van der Waals surface area contributed by atoms with Crippen molar-refractivity contribution in [3.63, 3.8) is 0 Å². The van der Waals surface area contributed by atoms with E-state index in [1.807, 2.05) is 4.90 Å². The molecule has 4 heteroatoms. The number of hydrogen-bond donors (Lipinski definition) is 1. The summed E-state index contributed by atoms with van der Waals surface area (Å²) in [6.07, 6.45) is 6.72. The maximum atomic E-state index is 12.7. The van der Waals surface area contributed by atoms with Gasteiger partial charge in [0.1, 0.15) is 5.58 Å². The fourth-order valence-corrected chi connectivity index (χ4v) is 4.21. The Kier molecular flexibility index (Phi) is 3.64. The number of nitrogens with two attached hydrogens (primary N) is 1. The van der Waals surface area contributed by atoms with E-state index in [0.29, 0.717) is 24.9 Å². The van der Waals surface area contributed by atoms with E-state index in [1.54, 1.807) is 6.26 Å². The summed E-state index contributed by atoms with van der Waals surface area (Å²) in [6.45, 7) is 3.57. The average Bonchev–Trinajstić information content (AvgIpc) is 3.24. The molecule has 2 unspecified atom stereocenters. The van der Waals surface area contributed by atoms with Crippen LogP contribution >= 0.6 is 0 Å². The molecule has 1 amide bonds. The van der Waals surface area contributed by atoms with Crippen molar-refractivity contribution in [1.29, 1.82) is 0 Å². The molecule has 4 nitrogen and oxygen atoms in total. The topological polar surface area (TPSA) is 59.5 Å². The summed E-state index contributed by atoms with van der Waals surface area (Å²) < 4.78 is 5.72. The number of amides is 1. The Bertz CT molecular complexity index is 749. The van der Waals surface area contributed by atoms with Crippen LogP contribution in [0.3, 0.4) is 0 Å². The molecule has 0 spiro atoms. The number of carbonyl (C=O) groups excluding carboxylic acids is 1. The number of rotatable bonds is 3. The lowest BCUT2D eigenvalue weighted by atomic mass is 10.0. The minimum absolute atomic E-state index is 0.191. The Morgan fingerprint density at radius 2 is 2.13 bits per heavy atom. The Morgan fingerprint density at radius 3 is 2.87 bits per heavy atom. The molecule has 1 aromatic carbocycles. The van der Waals surface area contributed by atoms with Gasteiger partial charge in [0.05, 0.1) is 12.7 Å². The van der Waals surface area contributed by atoms with E-state index < -0.39 is 0 Å². The van der Waals surface area contributed by atoms with Crippen molar-refractivity contribution >= 4 is 16.9 Å². The van der Waals surface area contributed by atoms with Crippen LogP contribution in [0.5, 0.6) is 0 Å². The molecule has 2 heterocycles. The van der Waals surface area contributed by atoms with Crippen LogP contribution in [0, 0.1) is 5.92 Å². The maximum absolute atomic E-state index is 12.7. The fourth-order valence-electron chi connectivity index (χ4n) is 4.21. The largest absolute Gasteiger partial charge is 0.464 e. The van der Waals surface area contributed by atoms with Crippen molar-refractivity contribution < 1.29 is 9.21 Å². The summed E-state index contributed by atoms with van der Waals surface area (Å²) in [5.41, 5.74) is 10.5. The predicted molar refractivity (Wildman–Crippen MR) is 90.3 cm³/mol. The highest BCUT2D eigenvalue weighted by Gasteiger charge is 2.31. The zero-order valence-corrected chi connectivity index (χ0v) is 13.7. The lowest BCUT2D eigenvalue weighted by molar-refractivity contribution is -0.131. The summed E-state index contributed by atoms with van der Waals surface area (Å²) in [6, 6.07) is 4.69. The third-order valence-electron chi connectivity index (χ3n) is 5.52. The number of carbonyl (C=O) groups is 1. The molecule has 0 saturated carbocycles. The lowest BCUT2D eigenvalue weighted by Gasteiger charge is -2.21. The molecule has 2 aliphatic rings. The van der Waals surface area contributed by atoms with Crippen LogP contribution in [0.1, 0.15) is 36.5 Å². The highest BCUT2D eigenvalue weighted by Crippen LogP contribution is 2.31. The highest BCUT2D eigenvalue weighted by molar-refractivity contribution is 5.89. The quantitative estimate of drug-likeness (QED) is 0.948. The number of furan rings is 1. The Labute approximate surface area is 136 Å². The van der Waals surface area contributed by atoms with Gasteiger partial charge in [-0.05, 0) is 68.3 Å². The summed E-state index contributed by atoms with van der Waals surface area (Å²) in [5.74, 6) is 0.634. The minimum Gasteiger partial charge on any atom is -0.464 e. The monoisotopic (exact) mass is 312 g/mol. The number of aryl methyl sites for hydroxylation is 2. The lowest BCUT2D eigenvalue weighted by Crippen LogP contribution is -2.35. The summed E-state index contributed by atoms with van der Waals surface area (Å²) in [5, 5.41) is 1.11. The first kappa shape index (κ1) is 14.8. The Balaban J connectivity index is 1.57. The van der Waals surface area contributed by atoms with Gasteiger partial charge in [-0.3, -0.25) is 4.79 Å². The van der Waals surface area contributed by atoms with E-state index in [9.17, 15) is 4.79 Å². The van der Waals surface area contributed by atoms with Crippen molar-refractivity contribution in [3.8, 4) is 0 Å². The first-order valence-electron chi connectivity index (χ1n) is 8.67. The van der Waals surface area contributed by atoms with Crippen LogP contribution in [-0.4, -0.2) is 29.9 Å². The van der Waals surface area contributed by atoms with Crippen LogP contribution in [0.25, 0.3) is 11.0 Å². The molecule has 122 valence electrons. The van der Waals surface area contributed by atoms with Crippen molar-refractivity contribution in [1.82, 2.24) is 4.90 Å². The molecular weight excluding hydrogens is 288 g/mol. The summed E-state index contributed by atoms with van der Waals surface area (Å²) in [7, 11) is 0. The van der Waals surface area contributed by atoms with Crippen LogP contribution < -0.4 is 5.73 Å². The van der Waals surface area contributed by atoms with Gasteiger partial charge >= 0.3 is 0 Å². The van der Waals surface area contributed by atoms with E-state index in [4.69, 9.17) is 10.2 Å². The average molecular weight is 312 g/mol. The molecule has 2 atom stereocenters. The SMILES string of the molecule is CC1CC(CN)CN1C(=O)Cc1coc2cc3c(cc12)CCC3. The number of benzene rings is 1. The molecule has 1 saturated heterocycles. The second-order valence-electron chi connectivity index (χ2n) is 7.14. The number of nitrogens with zero attached hydrogens (tertiary/aromatic N) is 1. The smallest absolute Gasteiger partial charge is 0.227 e. The second-order valence-corrected chi connectivity index (χ2v) is 7.14. The van der Waals surface area contributed by atoms with E-state index in [2.05, 4.69) is 19.1 Å². The van der Waals surface area contributed by atoms with E-state index >= 15 is 0 Å². The van der Waals surface area contributed by atoms with Crippen molar-refractivity contribution in [3.05, 3.63) is 35.1 Å². The molecule has 0 bridgehead atoms. The van der Waals surface area contributed by atoms with Gasteiger partial charge in [0, 0.05) is 23.5 Å². The zero-order chi connectivity index (χ0) is 16.0. The Morgan fingerprint density at radius 1 is 1.35 bits per heavy atom. The van der Waals surface area contributed by atoms with Crippen molar-refractivity contribution in [2.45, 2.75) is 45.1 Å². The van der Waals surface area contributed by atoms with Gasteiger partial charge in [-0.1, -0.05) is 0 Å². The second kappa shape index (κ2) is 5.68. The van der Waals surface area contributed by atoms with Crippen LogP contribution in [0.15, 0.2) is 22.8 Å². The van der Waals surface area contributed by atoms with Crippen LogP contribution in [-0.2, 0) is 24.1 Å². The number of hydrogen-bond acceptors (Lipinski definition) is 3. The van der Waals surface area contributed by atoms with Crippen molar-refractivity contribution in [2.75, 3.05) is 13.1 Å². The molecule has 1 aromatic heterocycles. The molecule has 1 aliphatic carbocycles. The van der Waals surface area contributed by atoms with Gasteiger partial charge < -0.3 is 15.1 Å². The minimum atomic E-state index is 0.191. The van der Waals surface area contributed by atoms with Gasteiger partial charge in [-0.25, -0.2) is 0 Å². The van der Waals surface area contributed by atoms with Crippen molar-refractivity contribution in [2.24, 2.45) is 11.7 Å². The molecule has 2 aromatic rings. The molecular formula is C19H24N2O2. The number of likely N-dealkylation sites (tertiary alicyclic amines) is 1. The van der Waals surface area contributed by atoms with E-state index in [-0.39, 0.29) is 5.91 Å². The first-order chi connectivity index (χ1) is 11.2. The van der Waals surface area contributed by atoms with Crippen LogP contribution in [0.4, 0.5) is 0 Å². The molecule has 1 fully saturated rings. The fraction of sp³-hybridized carbons (Fsp3) is 0.526. The van der Waals surface area contributed by atoms with Gasteiger partial charge in [-0.2, -0.15) is 0 Å². The standard InChI is InChI=1S/C19H24N2O2/c1-12-5-13(9-20)10-21(12)19(22)8-16-11-23-18-7-15-4-2-3-14(15)6-17(16)18/h6-7,11-13H,2-5,8-10,20H2,1H3. The zero-order valence-electron chi connectivity index (χ0n) is 13.7. The highest BCUT2D eigenvalue weighted by atomic mass is 16.3. The van der Waals surface area contributed by atoms with E-state index in [0.717, 1.165) is 42.3 Å². The maximum Gasteiger partial charge on any atom is 0.227 e. The molecule has 2 N–H and O–H groups in total. The molecule has 23 heavy (non-hydrogen) atoms. The van der Waals surface area contributed by atoms with E-state index in [1.165, 1.54) is 17.5 Å². The molecule has 1 aliphatic heterocycles.